The third kappa shape index (κ3) is 4.73. The molecule has 1 heterocycles. The minimum Gasteiger partial charge on any atom is -0.496 e. The van der Waals surface area contributed by atoms with E-state index < -0.39 is 0 Å². The van der Waals surface area contributed by atoms with E-state index in [4.69, 9.17) is 22.1 Å². The van der Waals surface area contributed by atoms with Gasteiger partial charge in [-0.2, -0.15) is 0 Å². The molecule has 5 nitrogen and oxygen atoms in total. The van der Waals surface area contributed by atoms with Crippen molar-refractivity contribution >= 4 is 23.2 Å². The van der Waals surface area contributed by atoms with Gasteiger partial charge in [-0.3, -0.25) is 9.69 Å². The zero-order chi connectivity index (χ0) is 19.4. The van der Waals surface area contributed by atoms with Gasteiger partial charge in [0.05, 0.1) is 23.4 Å². The van der Waals surface area contributed by atoms with E-state index in [1.54, 1.807) is 12.1 Å². The summed E-state index contributed by atoms with van der Waals surface area (Å²) in [7, 11) is 1.52. The summed E-state index contributed by atoms with van der Waals surface area (Å²) in [4.78, 5) is 15.1. The van der Waals surface area contributed by atoms with Crippen LogP contribution in [0.1, 0.15) is 34.3 Å². The van der Waals surface area contributed by atoms with Crippen LogP contribution in [-0.4, -0.2) is 37.0 Å². The second-order valence-corrected chi connectivity index (χ2v) is 7.43. The highest BCUT2D eigenvalue weighted by molar-refractivity contribution is 6.33. The Balaban J connectivity index is 1.57. The second-order valence-electron chi connectivity index (χ2n) is 7.02. The number of carbonyl (C=O) groups is 1. The van der Waals surface area contributed by atoms with E-state index in [9.17, 15) is 4.79 Å². The molecule has 3 N–H and O–H groups in total. The second kappa shape index (κ2) is 8.63. The van der Waals surface area contributed by atoms with Crippen molar-refractivity contribution < 1.29 is 9.53 Å². The Morgan fingerprint density at radius 1 is 1.30 bits per heavy atom. The van der Waals surface area contributed by atoms with Crippen molar-refractivity contribution in [1.29, 1.82) is 0 Å². The molecule has 3 rings (SSSR count). The molecule has 27 heavy (non-hydrogen) atoms. The van der Waals surface area contributed by atoms with E-state index in [1.165, 1.54) is 18.2 Å². The molecule has 0 aromatic heterocycles. The SMILES string of the molecule is COc1cc(N)c(Cl)cc1C(=O)NC1CCN(Cc2ccccc2C)CC1. The number of anilines is 1. The van der Waals surface area contributed by atoms with Crippen molar-refractivity contribution in [3.8, 4) is 5.75 Å². The van der Waals surface area contributed by atoms with E-state index in [-0.39, 0.29) is 11.9 Å². The molecule has 144 valence electrons. The van der Waals surface area contributed by atoms with Crippen molar-refractivity contribution in [3.05, 3.63) is 58.1 Å². The highest BCUT2D eigenvalue weighted by atomic mass is 35.5. The van der Waals surface area contributed by atoms with Crippen LogP contribution < -0.4 is 15.8 Å². The third-order valence-electron chi connectivity index (χ3n) is 5.14. The lowest BCUT2D eigenvalue weighted by molar-refractivity contribution is 0.0906. The van der Waals surface area contributed by atoms with Crippen LogP contribution >= 0.6 is 11.6 Å². The fourth-order valence-electron chi connectivity index (χ4n) is 3.44. The molecule has 1 fully saturated rings. The molecule has 1 aliphatic rings. The number of amides is 1. The monoisotopic (exact) mass is 387 g/mol. The Morgan fingerprint density at radius 2 is 2.00 bits per heavy atom. The molecular formula is C21H26ClN3O2. The smallest absolute Gasteiger partial charge is 0.255 e. The minimum absolute atomic E-state index is 0.145. The van der Waals surface area contributed by atoms with Gasteiger partial charge in [0.15, 0.2) is 0 Å². The van der Waals surface area contributed by atoms with Crippen molar-refractivity contribution in [1.82, 2.24) is 10.2 Å². The van der Waals surface area contributed by atoms with Gasteiger partial charge in [0.2, 0.25) is 0 Å². The highest BCUT2D eigenvalue weighted by Crippen LogP contribution is 2.29. The molecule has 2 aromatic rings. The fraction of sp³-hybridized carbons (Fsp3) is 0.381. The summed E-state index contributed by atoms with van der Waals surface area (Å²) in [5, 5.41) is 3.46. The molecule has 0 radical (unpaired) electrons. The van der Waals surface area contributed by atoms with Gasteiger partial charge in [-0.15, -0.1) is 0 Å². The van der Waals surface area contributed by atoms with Gasteiger partial charge in [0, 0.05) is 31.7 Å². The van der Waals surface area contributed by atoms with Gasteiger partial charge >= 0.3 is 0 Å². The zero-order valence-electron chi connectivity index (χ0n) is 15.8. The standard InChI is InChI=1S/C21H26ClN3O2/c1-14-5-3-4-6-15(14)13-25-9-7-16(8-10-25)24-21(26)17-11-18(22)19(23)12-20(17)27-2/h3-6,11-12,16H,7-10,13,23H2,1-2H3,(H,24,26). The van der Waals surface area contributed by atoms with E-state index in [2.05, 4.69) is 41.4 Å². The van der Waals surface area contributed by atoms with E-state index in [0.29, 0.717) is 22.0 Å². The maximum atomic E-state index is 12.7. The molecule has 0 aliphatic carbocycles. The molecule has 0 unspecified atom stereocenters. The lowest BCUT2D eigenvalue weighted by atomic mass is 10.0. The molecule has 0 atom stereocenters. The average molecular weight is 388 g/mol. The molecule has 6 heteroatoms. The Bertz CT molecular complexity index is 817. The molecule has 0 saturated carbocycles. The number of hydrogen-bond donors (Lipinski definition) is 2. The summed E-state index contributed by atoms with van der Waals surface area (Å²) in [6, 6.07) is 11.8. The van der Waals surface area contributed by atoms with Crippen LogP contribution in [-0.2, 0) is 6.54 Å². The first kappa shape index (κ1) is 19.5. The van der Waals surface area contributed by atoms with E-state index >= 15 is 0 Å². The number of methoxy groups -OCH3 is 1. The summed E-state index contributed by atoms with van der Waals surface area (Å²) in [5.41, 5.74) is 9.28. The Hall–Kier alpha value is -2.24. The number of nitrogens with one attached hydrogen (secondary N) is 1. The molecule has 1 amide bonds. The van der Waals surface area contributed by atoms with Crippen LogP contribution in [0, 0.1) is 6.92 Å². The number of ether oxygens (including phenoxy) is 1. The largest absolute Gasteiger partial charge is 0.496 e. The molecular weight excluding hydrogens is 362 g/mol. The van der Waals surface area contributed by atoms with Crippen LogP contribution in [0.15, 0.2) is 36.4 Å². The lowest BCUT2D eigenvalue weighted by Crippen LogP contribution is -2.44. The first-order chi connectivity index (χ1) is 13.0. The minimum atomic E-state index is -0.175. The first-order valence-electron chi connectivity index (χ1n) is 9.18. The van der Waals surface area contributed by atoms with Gasteiger partial charge < -0.3 is 15.8 Å². The maximum absolute atomic E-state index is 12.7. The van der Waals surface area contributed by atoms with Gasteiger partial charge in [-0.1, -0.05) is 35.9 Å². The summed E-state index contributed by atoms with van der Waals surface area (Å²) in [5.74, 6) is 0.262. The number of nitrogen functional groups attached to an aromatic ring is 1. The number of piperidine rings is 1. The Kier molecular flexibility index (Phi) is 6.24. The van der Waals surface area contributed by atoms with Crippen molar-refractivity contribution in [2.75, 3.05) is 25.9 Å². The summed E-state index contributed by atoms with van der Waals surface area (Å²) < 4.78 is 5.28. The number of rotatable bonds is 5. The third-order valence-corrected chi connectivity index (χ3v) is 5.47. The van der Waals surface area contributed by atoms with Gasteiger partial charge in [-0.25, -0.2) is 0 Å². The number of nitrogens with two attached hydrogens (primary N) is 1. The molecule has 0 spiro atoms. The Morgan fingerprint density at radius 3 is 2.67 bits per heavy atom. The van der Waals surface area contributed by atoms with Crippen molar-refractivity contribution in [2.45, 2.75) is 32.4 Å². The number of benzene rings is 2. The number of nitrogens with zero attached hydrogens (tertiary/aromatic N) is 1. The van der Waals surface area contributed by atoms with Crippen molar-refractivity contribution in [3.63, 3.8) is 0 Å². The number of likely N-dealkylation sites (tertiary alicyclic amines) is 1. The maximum Gasteiger partial charge on any atom is 0.255 e. The number of halogens is 1. The fourth-order valence-corrected chi connectivity index (χ4v) is 3.61. The summed E-state index contributed by atoms with van der Waals surface area (Å²) in [6.07, 6.45) is 1.84. The van der Waals surface area contributed by atoms with E-state index in [1.807, 2.05) is 0 Å². The zero-order valence-corrected chi connectivity index (χ0v) is 16.6. The average Bonchev–Trinajstić information content (AvgIpc) is 2.67. The molecule has 1 aliphatic heterocycles. The van der Waals surface area contributed by atoms with Gasteiger partial charge in [-0.05, 0) is 37.0 Å². The molecule has 1 saturated heterocycles. The number of carbonyl (C=O) groups excluding carboxylic acids is 1. The lowest BCUT2D eigenvalue weighted by Gasteiger charge is -2.32. The molecule has 0 bridgehead atoms. The topological polar surface area (TPSA) is 67.6 Å². The van der Waals surface area contributed by atoms with E-state index in [0.717, 1.165) is 32.5 Å². The van der Waals surface area contributed by atoms with Crippen molar-refractivity contribution in [2.24, 2.45) is 0 Å². The van der Waals surface area contributed by atoms with Crippen LogP contribution in [0.3, 0.4) is 0 Å². The van der Waals surface area contributed by atoms with Crippen LogP contribution in [0.2, 0.25) is 5.02 Å². The number of aryl methyl sites for hydroxylation is 1. The quantitative estimate of drug-likeness (QED) is 0.769. The van der Waals surface area contributed by atoms with Gasteiger partial charge in [0.25, 0.3) is 5.91 Å². The van der Waals surface area contributed by atoms with Crippen LogP contribution in [0.4, 0.5) is 5.69 Å². The highest BCUT2D eigenvalue weighted by Gasteiger charge is 2.23. The summed E-state index contributed by atoms with van der Waals surface area (Å²) in [6.45, 7) is 5.01. The number of hydrogen-bond acceptors (Lipinski definition) is 4. The molecule has 2 aromatic carbocycles. The summed E-state index contributed by atoms with van der Waals surface area (Å²) >= 11 is 6.07. The van der Waals surface area contributed by atoms with Gasteiger partial charge in [0.1, 0.15) is 5.75 Å². The van der Waals surface area contributed by atoms with Crippen LogP contribution in [0.25, 0.3) is 0 Å². The normalized spacial score (nSPS) is 15.5. The Labute approximate surface area is 165 Å². The predicted octanol–water partition coefficient (Wildman–Crippen LogP) is 3.63. The van der Waals surface area contributed by atoms with Crippen LogP contribution in [0.5, 0.6) is 5.75 Å². The predicted molar refractivity (Wildman–Crippen MR) is 109 cm³/mol. The first-order valence-corrected chi connectivity index (χ1v) is 9.56.